The van der Waals surface area contributed by atoms with Crippen LogP contribution in [0.3, 0.4) is 0 Å². The summed E-state index contributed by atoms with van der Waals surface area (Å²) in [7, 11) is 1.63. The van der Waals surface area contributed by atoms with Gasteiger partial charge in [0, 0.05) is 30.0 Å². The highest BCUT2D eigenvalue weighted by atomic mass is 16.6. The van der Waals surface area contributed by atoms with Crippen LogP contribution in [-0.2, 0) is 22.5 Å². The topological polar surface area (TPSA) is 81.0 Å². The molecule has 0 saturated carbocycles. The Morgan fingerprint density at radius 1 is 1.21 bits per heavy atom. The molecular formula is C23H32N2O4. The number of carbonyl (C=O) groups excluding carboxylic acids is 1. The third kappa shape index (κ3) is 4.31. The van der Waals surface area contributed by atoms with E-state index in [1.54, 1.807) is 7.11 Å². The number of hydrogen-bond donors (Lipinski definition) is 1. The van der Waals surface area contributed by atoms with E-state index >= 15 is 0 Å². The van der Waals surface area contributed by atoms with Gasteiger partial charge in [-0.15, -0.1) is 0 Å². The summed E-state index contributed by atoms with van der Waals surface area (Å²) >= 11 is 0. The Balaban J connectivity index is 2.02. The van der Waals surface area contributed by atoms with Crippen LogP contribution < -0.4 is 4.74 Å². The number of ether oxygens (including phenoxy) is 1. The van der Waals surface area contributed by atoms with Crippen LogP contribution in [-0.4, -0.2) is 35.3 Å². The van der Waals surface area contributed by atoms with Crippen LogP contribution in [0.25, 0.3) is 0 Å². The van der Waals surface area contributed by atoms with Crippen LogP contribution in [0.2, 0.25) is 0 Å². The molecular weight excluding hydrogens is 368 g/mol. The van der Waals surface area contributed by atoms with E-state index in [9.17, 15) is 9.90 Å². The van der Waals surface area contributed by atoms with Crippen molar-refractivity contribution in [2.45, 2.75) is 78.1 Å². The van der Waals surface area contributed by atoms with Gasteiger partial charge in [-0.1, -0.05) is 18.5 Å². The summed E-state index contributed by atoms with van der Waals surface area (Å²) in [4.78, 5) is 23.0. The standard InChI is InChI=1S/C23H32N2O4/c1-5-9-18(25-29-6-2)22-19(26)12-15(13-20(22)27)21-17-11-8-7-10-16(17)14(3)24-23(21)28-4/h15,26H,5-13H2,1-4H3. The Kier molecular flexibility index (Phi) is 6.93. The molecule has 29 heavy (non-hydrogen) atoms. The Bertz CT molecular complexity index is 842. The van der Waals surface area contributed by atoms with Gasteiger partial charge in [0.25, 0.3) is 0 Å². The van der Waals surface area contributed by atoms with Gasteiger partial charge in [-0.2, -0.15) is 0 Å². The number of aromatic nitrogens is 1. The summed E-state index contributed by atoms with van der Waals surface area (Å²) < 4.78 is 5.62. The van der Waals surface area contributed by atoms with Crippen molar-refractivity contribution in [1.82, 2.24) is 4.98 Å². The molecule has 0 amide bonds. The molecule has 2 aliphatic rings. The maximum atomic E-state index is 13.1. The molecule has 0 fully saturated rings. The monoisotopic (exact) mass is 400 g/mol. The Morgan fingerprint density at radius 2 is 1.93 bits per heavy atom. The van der Waals surface area contributed by atoms with E-state index in [4.69, 9.17) is 9.57 Å². The number of Topliss-reactive ketones (excluding diaryl/α,β-unsaturated/α-hetero) is 1. The number of aliphatic hydroxyl groups is 1. The first kappa shape index (κ1) is 21.3. The highest BCUT2D eigenvalue weighted by molar-refractivity contribution is 6.23. The summed E-state index contributed by atoms with van der Waals surface area (Å²) in [6.07, 6.45) is 6.41. The maximum absolute atomic E-state index is 13.1. The molecule has 1 heterocycles. The molecule has 158 valence electrons. The smallest absolute Gasteiger partial charge is 0.217 e. The lowest BCUT2D eigenvalue weighted by molar-refractivity contribution is -0.116. The maximum Gasteiger partial charge on any atom is 0.217 e. The number of oxime groups is 1. The zero-order chi connectivity index (χ0) is 21.0. The zero-order valence-electron chi connectivity index (χ0n) is 18.0. The molecule has 0 aromatic carbocycles. The Morgan fingerprint density at radius 3 is 2.55 bits per heavy atom. The SMILES string of the molecule is CCCC(=NOCC)C1=C(O)CC(c2c(OC)nc(C)c3c2CCCC3)CC1=O. The summed E-state index contributed by atoms with van der Waals surface area (Å²) in [6.45, 7) is 6.32. The fourth-order valence-corrected chi connectivity index (χ4v) is 4.61. The fourth-order valence-electron chi connectivity index (χ4n) is 4.61. The highest BCUT2D eigenvalue weighted by Gasteiger charge is 2.35. The number of allylic oxidation sites excluding steroid dienone is 2. The van der Waals surface area contributed by atoms with Crippen LogP contribution in [0.15, 0.2) is 16.5 Å². The summed E-state index contributed by atoms with van der Waals surface area (Å²) in [5.41, 5.74) is 5.46. The molecule has 2 aliphatic carbocycles. The normalized spacial score (nSPS) is 19.9. The molecule has 1 aromatic heterocycles. The lowest BCUT2D eigenvalue weighted by Crippen LogP contribution is -2.26. The van der Waals surface area contributed by atoms with Gasteiger partial charge in [-0.25, -0.2) is 4.98 Å². The van der Waals surface area contributed by atoms with E-state index in [0.29, 0.717) is 43.0 Å². The zero-order valence-corrected chi connectivity index (χ0v) is 18.0. The first-order valence-electron chi connectivity index (χ1n) is 10.7. The molecule has 1 atom stereocenters. The molecule has 0 spiro atoms. The van der Waals surface area contributed by atoms with Gasteiger partial charge >= 0.3 is 0 Å². The number of fused-ring (bicyclic) bond motifs is 1. The van der Waals surface area contributed by atoms with Crippen LogP contribution >= 0.6 is 0 Å². The third-order valence-corrected chi connectivity index (χ3v) is 5.85. The van der Waals surface area contributed by atoms with Gasteiger partial charge in [-0.05, 0) is 57.1 Å². The third-order valence-electron chi connectivity index (χ3n) is 5.85. The highest BCUT2D eigenvalue weighted by Crippen LogP contribution is 2.43. The Labute approximate surface area is 173 Å². The van der Waals surface area contributed by atoms with Crippen molar-refractivity contribution in [2.24, 2.45) is 5.16 Å². The molecule has 0 radical (unpaired) electrons. The second kappa shape index (κ2) is 9.42. The van der Waals surface area contributed by atoms with Crippen molar-refractivity contribution in [2.75, 3.05) is 13.7 Å². The lowest BCUT2D eigenvalue weighted by atomic mass is 9.76. The fraction of sp³-hybridized carbons (Fsp3) is 0.609. The summed E-state index contributed by atoms with van der Waals surface area (Å²) in [6, 6.07) is 0. The van der Waals surface area contributed by atoms with Crippen molar-refractivity contribution < 1.29 is 19.5 Å². The lowest BCUT2D eigenvalue weighted by Gasteiger charge is -2.30. The number of carbonyl (C=O) groups is 1. The van der Waals surface area contributed by atoms with Crippen LogP contribution in [0, 0.1) is 6.92 Å². The predicted octanol–water partition coefficient (Wildman–Crippen LogP) is 4.73. The van der Waals surface area contributed by atoms with Crippen molar-refractivity contribution >= 4 is 11.5 Å². The minimum Gasteiger partial charge on any atom is -0.511 e. The van der Waals surface area contributed by atoms with Crippen LogP contribution in [0.1, 0.15) is 80.7 Å². The van der Waals surface area contributed by atoms with E-state index < -0.39 is 0 Å². The van der Waals surface area contributed by atoms with E-state index in [1.807, 2.05) is 20.8 Å². The van der Waals surface area contributed by atoms with Gasteiger partial charge in [0.2, 0.25) is 5.88 Å². The van der Waals surface area contributed by atoms with Gasteiger partial charge < -0.3 is 14.7 Å². The summed E-state index contributed by atoms with van der Waals surface area (Å²) in [5.74, 6) is 0.480. The number of nitrogens with zero attached hydrogens (tertiary/aromatic N) is 2. The molecule has 0 bridgehead atoms. The molecule has 0 saturated heterocycles. The minimum absolute atomic E-state index is 0.0853. The molecule has 1 unspecified atom stereocenters. The summed E-state index contributed by atoms with van der Waals surface area (Å²) in [5, 5.41) is 15.0. The largest absolute Gasteiger partial charge is 0.511 e. The quantitative estimate of drug-likeness (QED) is 0.529. The van der Waals surface area contributed by atoms with E-state index in [2.05, 4.69) is 10.1 Å². The van der Waals surface area contributed by atoms with Crippen LogP contribution in [0.4, 0.5) is 0 Å². The molecule has 1 N–H and O–H groups in total. The molecule has 6 nitrogen and oxygen atoms in total. The van der Waals surface area contributed by atoms with Gasteiger partial charge in [0.05, 0.1) is 18.4 Å². The first-order valence-corrected chi connectivity index (χ1v) is 10.7. The van der Waals surface area contributed by atoms with Gasteiger partial charge in [-0.3, -0.25) is 4.79 Å². The molecule has 6 heteroatoms. The number of rotatable bonds is 7. The number of methoxy groups -OCH3 is 1. The second-order valence-electron chi connectivity index (χ2n) is 7.84. The number of ketones is 1. The van der Waals surface area contributed by atoms with E-state index in [-0.39, 0.29) is 17.5 Å². The van der Waals surface area contributed by atoms with Crippen molar-refractivity contribution in [1.29, 1.82) is 0 Å². The van der Waals surface area contributed by atoms with E-state index in [0.717, 1.165) is 43.4 Å². The molecule has 0 aliphatic heterocycles. The first-order chi connectivity index (χ1) is 14.0. The predicted molar refractivity (Wildman–Crippen MR) is 113 cm³/mol. The van der Waals surface area contributed by atoms with Gasteiger partial charge in [0.15, 0.2) is 5.78 Å². The minimum atomic E-state index is -0.129. The number of aryl methyl sites for hydroxylation is 1. The van der Waals surface area contributed by atoms with Crippen molar-refractivity contribution in [3.63, 3.8) is 0 Å². The van der Waals surface area contributed by atoms with Crippen molar-refractivity contribution in [3.05, 3.63) is 33.7 Å². The Hall–Kier alpha value is -2.37. The number of pyridine rings is 1. The average Bonchev–Trinajstić information content (AvgIpc) is 2.71. The number of hydrogen-bond acceptors (Lipinski definition) is 6. The van der Waals surface area contributed by atoms with Crippen LogP contribution in [0.5, 0.6) is 5.88 Å². The molecule has 1 aromatic rings. The molecule has 3 rings (SSSR count). The second-order valence-corrected chi connectivity index (χ2v) is 7.84. The number of aliphatic hydroxyl groups excluding tert-OH is 1. The van der Waals surface area contributed by atoms with Crippen molar-refractivity contribution in [3.8, 4) is 5.88 Å². The average molecular weight is 401 g/mol. The van der Waals surface area contributed by atoms with E-state index in [1.165, 1.54) is 11.1 Å². The van der Waals surface area contributed by atoms with Gasteiger partial charge in [0.1, 0.15) is 12.4 Å².